The summed E-state index contributed by atoms with van der Waals surface area (Å²) in [7, 11) is 0. The van der Waals surface area contributed by atoms with E-state index in [9.17, 15) is 19.2 Å². The minimum Gasteiger partial charge on any atom is -0.459 e. The van der Waals surface area contributed by atoms with Gasteiger partial charge < -0.3 is 18.9 Å². The van der Waals surface area contributed by atoms with Gasteiger partial charge in [-0.15, -0.1) is 0 Å². The Bertz CT molecular complexity index is 1220. The molecule has 1 fully saturated rings. The van der Waals surface area contributed by atoms with Crippen LogP contribution in [0.4, 0.5) is 0 Å². The van der Waals surface area contributed by atoms with Crippen molar-refractivity contribution >= 4 is 39.6 Å². The zero-order chi connectivity index (χ0) is 25.5. The molecule has 4 rings (SSSR count). The van der Waals surface area contributed by atoms with Crippen LogP contribution in [0.15, 0.2) is 91.0 Å². The van der Waals surface area contributed by atoms with Crippen LogP contribution in [0.1, 0.15) is 31.1 Å². The molecule has 36 heavy (non-hydrogen) atoms. The summed E-state index contributed by atoms with van der Waals surface area (Å²) in [6, 6.07) is 24.5. The molecule has 1 aliphatic heterocycles. The van der Waals surface area contributed by atoms with Crippen LogP contribution in [0.5, 0.6) is 0 Å². The molecule has 0 aromatic heterocycles. The van der Waals surface area contributed by atoms with E-state index < -0.39 is 47.0 Å². The van der Waals surface area contributed by atoms with E-state index in [0.717, 1.165) is 0 Å². The van der Waals surface area contributed by atoms with Gasteiger partial charge in [0.1, 0.15) is 12.7 Å². The number of carbonyl (C=O) groups excluding carboxylic acids is 4. The average Bonchev–Trinajstić information content (AvgIpc) is 2.92. The van der Waals surface area contributed by atoms with Crippen LogP contribution >= 0.6 is 15.9 Å². The van der Waals surface area contributed by atoms with Crippen molar-refractivity contribution in [3.05, 3.63) is 108 Å². The van der Waals surface area contributed by atoms with E-state index in [-0.39, 0.29) is 17.7 Å². The van der Waals surface area contributed by atoms with Crippen LogP contribution in [-0.4, -0.2) is 53.6 Å². The number of alkyl halides is 1. The quantitative estimate of drug-likeness (QED) is 0.246. The van der Waals surface area contributed by atoms with Crippen molar-refractivity contribution in [1.29, 1.82) is 0 Å². The summed E-state index contributed by atoms with van der Waals surface area (Å²) in [5, 5.41) is -1.18. The van der Waals surface area contributed by atoms with Crippen LogP contribution in [0, 0.1) is 0 Å². The third kappa shape index (κ3) is 6.05. The number of halogens is 1. The third-order valence-electron chi connectivity index (χ3n) is 5.35. The topological polar surface area (TPSA) is 105 Å². The molecule has 8 nitrogen and oxygen atoms in total. The molecular formula is C27H21BrO8. The molecule has 0 unspecified atom stereocenters. The van der Waals surface area contributed by atoms with Crippen LogP contribution in [0.2, 0.25) is 0 Å². The van der Waals surface area contributed by atoms with Gasteiger partial charge in [-0.3, -0.25) is 4.79 Å². The van der Waals surface area contributed by atoms with Gasteiger partial charge in [-0.2, -0.15) is 0 Å². The van der Waals surface area contributed by atoms with Crippen LogP contribution in [0.3, 0.4) is 0 Å². The summed E-state index contributed by atoms with van der Waals surface area (Å²) >= 11 is 3.13. The lowest BCUT2D eigenvalue weighted by Gasteiger charge is -2.37. The average molecular weight is 553 g/mol. The van der Waals surface area contributed by atoms with E-state index in [2.05, 4.69) is 15.9 Å². The highest BCUT2D eigenvalue weighted by Gasteiger charge is 2.49. The zero-order valence-corrected chi connectivity index (χ0v) is 20.4. The molecule has 4 atom stereocenters. The number of carbonyl (C=O) groups is 4. The monoisotopic (exact) mass is 552 g/mol. The highest BCUT2D eigenvalue weighted by atomic mass is 79.9. The van der Waals surface area contributed by atoms with Crippen molar-refractivity contribution in [2.45, 2.75) is 23.3 Å². The van der Waals surface area contributed by atoms with Crippen molar-refractivity contribution in [2.24, 2.45) is 0 Å². The Hall–Kier alpha value is -3.82. The zero-order valence-electron chi connectivity index (χ0n) is 18.8. The Morgan fingerprint density at radius 1 is 0.694 bits per heavy atom. The largest absolute Gasteiger partial charge is 0.459 e. The Labute approximate surface area is 215 Å². The Balaban J connectivity index is 1.58. The highest BCUT2D eigenvalue weighted by Crippen LogP contribution is 2.28. The SMILES string of the molecule is O=C(OC[C@H]1O[C@@H](Br)C(=O)[C@@H](OC(=O)c2ccccc2)[C@H]1OC(=O)c1ccccc1)c1ccccc1. The van der Waals surface area contributed by atoms with Crippen molar-refractivity contribution in [1.82, 2.24) is 0 Å². The summed E-state index contributed by atoms with van der Waals surface area (Å²) in [5.41, 5.74) is 0.742. The fourth-order valence-corrected chi connectivity index (χ4v) is 4.06. The number of hydrogen-bond donors (Lipinski definition) is 0. The van der Waals surface area contributed by atoms with Crippen molar-refractivity contribution in [2.75, 3.05) is 6.61 Å². The molecule has 0 N–H and O–H groups in total. The maximum atomic E-state index is 13.0. The van der Waals surface area contributed by atoms with E-state index in [4.69, 9.17) is 18.9 Å². The number of rotatable bonds is 7. The van der Waals surface area contributed by atoms with Gasteiger partial charge in [-0.1, -0.05) is 54.6 Å². The number of hydrogen-bond acceptors (Lipinski definition) is 8. The second-order valence-electron chi connectivity index (χ2n) is 7.79. The minimum atomic E-state index is -1.51. The van der Waals surface area contributed by atoms with Gasteiger partial charge in [0.15, 0.2) is 11.1 Å². The summed E-state index contributed by atoms with van der Waals surface area (Å²) in [6.45, 7) is -0.366. The number of ether oxygens (including phenoxy) is 4. The standard InChI is InChI=1S/C27H21BrO8/c28-24-21(29)23(36-27(32)19-14-8-3-9-15-19)22(35-26(31)18-12-6-2-7-13-18)20(34-24)16-33-25(30)17-10-4-1-5-11-17/h1-15,20,22-24H,16H2/t20-,22+,23-,24-/m1/s1. The van der Waals surface area contributed by atoms with E-state index in [0.29, 0.717) is 5.56 Å². The van der Waals surface area contributed by atoms with Crippen LogP contribution < -0.4 is 0 Å². The highest BCUT2D eigenvalue weighted by molar-refractivity contribution is 9.09. The maximum Gasteiger partial charge on any atom is 0.338 e. The Kier molecular flexibility index (Phi) is 8.24. The molecule has 3 aromatic carbocycles. The van der Waals surface area contributed by atoms with Gasteiger partial charge in [0, 0.05) is 0 Å². The number of ketones is 1. The first-order valence-electron chi connectivity index (χ1n) is 11.0. The number of esters is 3. The van der Waals surface area contributed by atoms with Gasteiger partial charge in [-0.25, -0.2) is 14.4 Å². The van der Waals surface area contributed by atoms with Gasteiger partial charge in [0.05, 0.1) is 16.7 Å². The predicted octanol–water partition coefficient (Wildman–Crippen LogP) is 3.98. The lowest BCUT2D eigenvalue weighted by molar-refractivity contribution is -0.176. The molecule has 184 valence electrons. The maximum absolute atomic E-state index is 13.0. The fourth-order valence-electron chi connectivity index (χ4n) is 3.52. The summed E-state index contributed by atoms with van der Waals surface area (Å²) in [6.07, 6.45) is -4.00. The second kappa shape index (κ2) is 11.7. The molecule has 0 bridgehead atoms. The Morgan fingerprint density at radius 3 is 1.64 bits per heavy atom. The predicted molar refractivity (Wildman–Crippen MR) is 131 cm³/mol. The van der Waals surface area contributed by atoms with E-state index in [1.807, 2.05) is 0 Å². The first-order valence-corrected chi connectivity index (χ1v) is 11.9. The van der Waals surface area contributed by atoms with Gasteiger partial charge in [0.25, 0.3) is 0 Å². The lowest BCUT2D eigenvalue weighted by Crippen LogP contribution is -2.58. The Morgan fingerprint density at radius 2 is 1.14 bits per heavy atom. The molecule has 3 aromatic rings. The van der Waals surface area contributed by atoms with E-state index >= 15 is 0 Å². The molecule has 0 saturated carbocycles. The molecule has 1 saturated heterocycles. The molecule has 1 heterocycles. The lowest BCUT2D eigenvalue weighted by atomic mass is 10.0. The second-order valence-corrected chi connectivity index (χ2v) is 8.62. The first-order chi connectivity index (χ1) is 17.4. The normalized spacial score (nSPS) is 21.3. The smallest absolute Gasteiger partial charge is 0.338 e. The minimum absolute atomic E-state index is 0.211. The fraction of sp³-hybridized carbons (Fsp3) is 0.185. The summed E-state index contributed by atoms with van der Waals surface area (Å²) < 4.78 is 22.2. The summed E-state index contributed by atoms with van der Waals surface area (Å²) in [5.74, 6) is -2.83. The van der Waals surface area contributed by atoms with E-state index in [1.54, 1.807) is 66.7 Å². The van der Waals surface area contributed by atoms with Gasteiger partial charge >= 0.3 is 17.9 Å². The molecule has 9 heteroatoms. The molecule has 0 aliphatic carbocycles. The van der Waals surface area contributed by atoms with E-state index in [1.165, 1.54) is 24.3 Å². The van der Waals surface area contributed by atoms with Crippen LogP contribution in [-0.2, 0) is 23.7 Å². The summed E-state index contributed by atoms with van der Waals surface area (Å²) in [4.78, 5) is 51.1. The third-order valence-corrected chi connectivity index (χ3v) is 6.01. The van der Waals surface area contributed by atoms with Crippen molar-refractivity contribution < 1.29 is 38.1 Å². The number of Topliss-reactive ketones (excluding diaryl/α,β-unsaturated/α-hetero) is 1. The van der Waals surface area contributed by atoms with Crippen molar-refractivity contribution in [3.8, 4) is 0 Å². The van der Waals surface area contributed by atoms with Gasteiger partial charge in [0.2, 0.25) is 11.9 Å². The molecule has 0 spiro atoms. The number of benzene rings is 3. The molecule has 0 amide bonds. The molecule has 1 aliphatic rings. The first kappa shape index (κ1) is 25.3. The van der Waals surface area contributed by atoms with Gasteiger partial charge in [-0.05, 0) is 52.3 Å². The molecular weight excluding hydrogens is 532 g/mol. The van der Waals surface area contributed by atoms with Crippen LogP contribution in [0.25, 0.3) is 0 Å². The molecule has 0 radical (unpaired) electrons. The van der Waals surface area contributed by atoms with Crippen molar-refractivity contribution in [3.63, 3.8) is 0 Å².